The molecule has 1 aromatic rings. The van der Waals surface area contributed by atoms with Crippen molar-refractivity contribution in [3.05, 3.63) is 60.5 Å². The van der Waals surface area contributed by atoms with Crippen LogP contribution in [0.1, 0.15) is 19.8 Å². The van der Waals surface area contributed by atoms with Crippen molar-refractivity contribution in [2.45, 2.75) is 25.9 Å². The van der Waals surface area contributed by atoms with Crippen LogP contribution in [0, 0.1) is 0 Å². The Morgan fingerprint density at radius 3 is 2.81 bits per heavy atom. The summed E-state index contributed by atoms with van der Waals surface area (Å²) >= 11 is 0. The van der Waals surface area contributed by atoms with Gasteiger partial charge in [-0.25, -0.2) is 0 Å². The molecule has 1 aromatic carbocycles. The van der Waals surface area contributed by atoms with Crippen LogP contribution in [0.15, 0.2) is 60.5 Å². The van der Waals surface area contributed by atoms with Crippen molar-refractivity contribution in [1.82, 2.24) is 10.2 Å². The molecule has 0 radical (unpaired) electrons. The maximum absolute atomic E-state index is 5.52. The minimum atomic E-state index is 0.0997. The molecule has 6 nitrogen and oxygen atoms in total. The highest BCUT2D eigenvalue weighted by molar-refractivity contribution is 5.61. The Balaban J connectivity index is 1.80. The van der Waals surface area contributed by atoms with Gasteiger partial charge in [0.2, 0.25) is 0 Å². The summed E-state index contributed by atoms with van der Waals surface area (Å²) in [4.78, 5) is 6.99. The Morgan fingerprint density at radius 1 is 1.29 bits per heavy atom. The van der Waals surface area contributed by atoms with Crippen LogP contribution >= 0.6 is 0 Å². The molecule has 6 heteroatoms. The van der Waals surface area contributed by atoms with E-state index < -0.39 is 0 Å². The molecule has 0 bridgehead atoms. The normalized spacial score (nSPS) is 20.6. The lowest BCUT2D eigenvalue weighted by atomic mass is 10.1. The van der Waals surface area contributed by atoms with Crippen LogP contribution in [0.3, 0.4) is 0 Å². The number of nitrogens with one attached hydrogen (secondary N) is 1. The van der Waals surface area contributed by atoms with Gasteiger partial charge in [-0.2, -0.15) is 0 Å². The summed E-state index contributed by atoms with van der Waals surface area (Å²) in [5.41, 5.74) is 3.92. The maximum atomic E-state index is 5.52. The Morgan fingerprint density at radius 2 is 2.06 bits per heavy atom. The second kappa shape index (κ2) is 11.8. The van der Waals surface area contributed by atoms with Gasteiger partial charge in [0.25, 0.3) is 0 Å². The minimum Gasteiger partial charge on any atom is -0.383 e. The smallest absolute Gasteiger partial charge is 0.122 e. The van der Waals surface area contributed by atoms with Crippen LogP contribution in [0.4, 0.5) is 11.4 Å². The van der Waals surface area contributed by atoms with Gasteiger partial charge in [0.1, 0.15) is 6.17 Å². The molecule has 0 amide bonds. The molecule has 3 rings (SSSR count). The van der Waals surface area contributed by atoms with Gasteiger partial charge in [-0.1, -0.05) is 30.9 Å². The van der Waals surface area contributed by atoms with Gasteiger partial charge in [0.05, 0.1) is 25.6 Å². The third kappa shape index (κ3) is 6.28. The van der Waals surface area contributed by atoms with Crippen LogP contribution in [0.25, 0.3) is 0 Å². The summed E-state index contributed by atoms with van der Waals surface area (Å²) in [6.07, 6.45) is 8.76. The van der Waals surface area contributed by atoms with Gasteiger partial charge in [-0.15, -0.1) is 0 Å². The Kier molecular flexibility index (Phi) is 8.85. The van der Waals surface area contributed by atoms with Crippen LogP contribution in [-0.2, 0) is 9.47 Å². The van der Waals surface area contributed by atoms with E-state index in [9.17, 15) is 0 Å². The molecule has 1 N–H and O–H groups in total. The zero-order valence-corrected chi connectivity index (χ0v) is 19.3. The number of hydrogen-bond donors (Lipinski definition) is 1. The van der Waals surface area contributed by atoms with E-state index >= 15 is 0 Å². The lowest BCUT2D eigenvalue weighted by Crippen LogP contribution is -2.45. The molecule has 2 saturated heterocycles. The first kappa shape index (κ1) is 23.2. The van der Waals surface area contributed by atoms with E-state index in [-0.39, 0.29) is 6.17 Å². The van der Waals surface area contributed by atoms with E-state index in [1.54, 1.807) is 7.11 Å². The molecule has 0 aliphatic carbocycles. The fourth-order valence-electron chi connectivity index (χ4n) is 4.05. The average Bonchev–Trinajstić information content (AvgIpc) is 3.20. The summed E-state index contributed by atoms with van der Waals surface area (Å²) in [6.45, 7) is 12.3. The van der Waals surface area contributed by atoms with E-state index in [4.69, 9.17) is 9.47 Å². The molecule has 2 aliphatic rings. The molecule has 0 spiro atoms. The Labute approximate surface area is 187 Å². The summed E-state index contributed by atoms with van der Waals surface area (Å²) in [7, 11) is 3.78. The largest absolute Gasteiger partial charge is 0.383 e. The first-order valence-corrected chi connectivity index (χ1v) is 11.3. The molecule has 170 valence electrons. The van der Waals surface area contributed by atoms with Crippen molar-refractivity contribution < 1.29 is 9.47 Å². The number of morpholine rings is 1. The second-order valence-corrected chi connectivity index (χ2v) is 8.05. The van der Waals surface area contributed by atoms with Crippen molar-refractivity contribution in [3.8, 4) is 0 Å². The molecule has 2 fully saturated rings. The number of methoxy groups -OCH3 is 1. The third-order valence-corrected chi connectivity index (χ3v) is 5.99. The third-order valence-electron chi connectivity index (χ3n) is 5.99. The van der Waals surface area contributed by atoms with Crippen molar-refractivity contribution in [1.29, 1.82) is 0 Å². The van der Waals surface area contributed by atoms with Crippen molar-refractivity contribution in [2.75, 3.05) is 70.0 Å². The Hall–Kier alpha value is -2.44. The molecule has 0 aromatic heterocycles. The van der Waals surface area contributed by atoms with Crippen molar-refractivity contribution in [2.24, 2.45) is 0 Å². The number of likely N-dealkylation sites (N-methyl/N-ethyl adjacent to an activating group) is 1. The SMILES string of the molecule is C=C(NC1/C(=C/C/C=C/C)CCN1c1cccc(N2CCOCC2)c1)N(C)CCOC. The van der Waals surface area contributed by atoms with Crippen LogP contribution in [0.2, 0.25) is 0 Å². The van der Waals surface area contributed by atoms with E-state index in [1.807, 2.05) is 0 Å². The molecule has 1 atom stereocenters. The summed E-state index contributed by atoms with van der Waals surface area (Å²) in [5.74, 6) is 0.912. The molecular formula is C25H38N4O2. The van der Waals surface area contributed by atoms with Gasteiger partial charge in [-0.05, 0) is 43.5 Å². The summed E-state index contributed by atoms with van der Waals surface area (Å²) in [6, 6.07) is 8.89. The van der Waals surface area contributed by atoms with E-state index in [0.29, 0.717) is 6.61 Å². The fourth-order valence-corrected chi connectivity index (χ4v) is 4.05. The fraction of sp³-hybridized carbons (Fsp3) is 0.520. The number of nitrogens with zero attached hydrogens (tertiary/aromatic N) is 3. The molecule has 2 aliphatic heterocycles. The Bertz CT molecular complexity index is 771. The number of benzene rings is 1. The second-order valence-electron chi connectivity index (χ2n) is 8.05. The quantitative estimate of drug-likeness (QED) is 0.577. The zero-order valence-electron chi connectivity index (χ0n) is 19.3. The number of anilines is 2. The highest BCUT2D eigenvalue weighted by Gasteiger charge is 2.30. The number of rotatable bonds is 10. The summed E-state index contributed by atoms with van der Waals surface area (Å²) < 4.78 is 10.8. The van der Waals surface area contributed by atoms with Crippen LogP contribution in [0.5, 0.6) is 0 Å². The van der Waals surface area contributed by atoms with Crippen LogP contribution in [-0.4, -0.2) is 71.2 Å². The van der Waals surface area contributed by atoms with Gasteiger partial charge in [0.15, 0.2) is 0 Å². The van der Waals surface area contributed by atoms with Crippen molar-refractivity contribution in [3.63, 3.8) is 0 Å². The highest BCUT2D eigenvalue weighted by Crippen LogP contribution is 2.32. The predicted octanol–water partition coefficient (Wildman–Crippen LogP) is 3.59. The molecule has 31 heavy (non-hydrogen) atoms. The number of allylic oxidation sites excluding steroid dienone is 3. The molecule has 2 heterocycles. The topological polar surface area (TPSA) is 40.2 Å². The first-order valence-electron chi connectivity index (χ1n) is 11.3. The van der Waals surface area contributed by atoms with Gasteiger partial charge in [0, 0.05) is 51.7 Å². The number of ether oxygens (including phenoxy) is 2. The molecule has 0 saturated carbocycles. The molecular weight excluding hydrogens is 388 g/mol. The lowest BCUT2D eigenvalue weighted by molar-refractivity contribution is 0.122. The van der Waals surface area contributed by atoms with E-state index in [1.165, 1.54) is 16.9 Å². The summed E-state index contributed by atoms with van der Waals surface area (Å²) in [5, 5.41) is 3.69. The molecule has 1 unspecified atom stereocenters. The first-order chi connectivity index (χ1) is 15.1. The standard InChI is InChI=1S/C25H38N4O2/c1-5-6-7-9-22-12-13-29(25(22)26-21(2)27(3)14-17-30-4)24-11-8-10-23(20-24)28-15-18-31-19-16-28/h5-6,8-11,20,25-26H,2,7,12-19H2,1,3-4H3/b6-5+,22-9+. The van der Waals surface area contributed by atoms with Gasteiger partial charge in [-0.3, -0.25) is 0 Å². The zero-order chi connectivity index (χ0) is 22.1. The minimum absolute atomic E-state index is 0.0997. The predicted molar refractivity (Wildman–Crippen MR) is 130 cm³/mol. The monoisotopic (exact) mass is 426 g/mol. The lowest BCUT2D eigenvalue weighted by Gasteiger charge is -2.34. The highest BCUT2D eigenvalue weighted by atomic mass is 16.5. The van der Waals surface area contributed by atoms with E-state index in [0.717, 1.165) is 58.1 Å². The van der Waals surface area contributed by atoms with Crippen molar-refractivity contribution >= 4 is 11.4 Å². The van der Waals surface area contributed by atoms with Crippen LogP contribution < -0.4 is 15.1 Å². The van der Waals surface area contributed by atoms with Gasteiger partial charge >= 0.3 is 0 Å². The number of hydrogen-bond acceptors (Lipinski definition) is 6. The average molecular weight is 427 g/mol. The van der Waals surface area contributed by atoms with Gasteiger partial charge < -0.3 is 29.5 Å². The van der Waals surface area contributed by atoms with E-state index in [2.05, 4.69) is 83.1 Å². The maximum Gasteiger partial charge on any atom is 0.122 e.